The molecule has 0 atom stereocenters. The Hall–Kier alpha value is -2.69. The third-order valence-corrected chi connectivity index (χ3v) is 4.31. The third-order valence-electron chi connectivity index (χ3n) is 4.31. The summed E-state index contributed by atoms with van der Waals surface area (Å²) in [7, 11) is 0. The molecule has 0 bridgehead atoms. The number of amides is 1. The summed E-state index contributed by atoms with van der Waals surface area (Å²) in [5.41, 5.74) is 1.35. The first kappa shape index (κ1) is 16.2. The summed E-state index contributed by atoms with van der Waals surface area (Å²) in [6, 6.07) is 13.4. The van der Waals surface area contributed by atoms with Gasteiger partial charge >= 0.3 is 0 Å². The molecule has 3 rings (SSSR count). The highest BCUT2D eigenvalue weighted by molar-refractivity contribution is 6.09. The van der Waals surface area contributed by atoms with Gasteiger partial charge in [-0.2, -0.15) is 0 Å². The molecule has 0 aliphatic carbocycles. The molecule has 0 N–H and O–H groups in total. The second-order valence-electron chi connectivity index (χ2n) is 5.85. The number of benzene rings is 2. The van der Waals surface area contributed by atoms with Crippen LogP contribution in [0.3, 0.4) is 0 Å². The van der Waals surface area contributed by atoms with Crippen molar-refractivity contribution in [1.82, 2.24) is 4.90 Å². The van der Waals surface area contributed by atoms with Crippen molar-refractivity contribution >= 4 is 17.4 Å². The summed E-state index contributed by atoms with van der Waals surface area (Å²) < 4.78 is 14.5. The quantitative estimate of drug-likeness (QED) is 0.814. The molecule has 5 heteroatoms. The lowest BCUT2D eigenvalue weighted by Gasteiger charge is -2.35. The minimum Gasteiger partial charge on any atom is -0.366 e. The molecule has 24 heavy (non-hydrogen) atoms. The van der Waals surface area contributed by atoms with Crippen LogP contribution in [0.5, 0.6) is 0 Å². The maximum atomic E-state index is 14.5. The summed E-state index contributed by atoms with van der Waals surface area (Å²) in [5, 5.41) is 0. The van der Waals surface area contributed by atoms with E-state index < -0.39 is 5.82 Å². The van der Waals surface area contributed by atoms with Gasteiger partial charge in [0.15, 0.2) is 5.78 Å². The fourth-order valence-electron chi connectivity index (χ4n) is 2.92. The maximum absolute atomic E-state index is 14.5. The lowest BCUT2D eigenvalue weighted by molar-refractivity contribution is -0.129. The van der Waals surface area contributed by atoms with E-state index in [0.29, 0.717) is 43.0 Å². The molecule has 0 radical (unpaired) electrons. The van der Waals surface area contributed by atoms with Crippen molar-refractivity contribution < 1.29 is 14.0 Å². The predicted octanol–water partition coefficient (Wildman–Crippen LogP) is 2.73. The van der Waals surface area contributed by atoms with Crippen LogP contribution in [0, 0.1) is 5.82 Å². The zero-order chi connectivity index (χ0) is 17.1. The number of carbonyl (C=O) groups is 2. The van der Waals surface area contributed by atoms with E-state index in [0.717, 1.165) is 0 Å². The molecule has 1 aliphatic rings. The highest BCUT2D eigenvalue weighted by Gasteiger charge is 2.21. The zero-order valence-electron chi connectivity index (χ0n) is 13.5. The van der Waals surface area contributed by atoms with Crippen molar-refractivity contribution in [2.75, 3.05) is 31.1 Å². The summed E-state index contributed by atoms with van der Waals surface area (Å²) in [6.07, 6.45) is 0. The van der Waals surface area contributed by atoms with Crippen LogP contribution in [0.2, 0.25) is 0 Å². The van der Waals surface area contributed by atoms with Gasteiger partial charge in [-0.3, -0.25) is 9.59 Å². The first-order chi connectivity index (χ1) is 11.6. The number of hydrogen-bond acceptors (Lipinski definition) is 3. The molecule has 4 nitrogen and oxygen atoms in total. The van der Waals surface area contributed by atoms with Crippen LogP contribution >= 0.6 is 0 Å². The number of halogens is 1. The van der Waals surface area contributed by atoms with E-state index in [1.807, 2.05) is 11.0 Å². The summed E-state index contributed by atoms with van der Waals surface area (Å²) in [5.74, 6) is -0.561. The van der Waals surface area contributed by atoms with Gasteiger partial charge in [0.25, 0.3) is 0 Å². The number of carbonyl (C=O) groups excluding carboxylic acids is 2. The molecule has 1 fully saturated rings. The topological polar surface area (TPSA) is 40.6 Å². The van der Waals surface area contributed by atoms with Crippen molar-refractivity contribution in [3.05, 3.63) is 65.5 Å². The van der Waals surface area contributed by atoms with Gasteiger partial charge in [0.1, 0.15) is 5.82 Å². The van der Waals surface area contributed by atoms with Gasteiger partial charge in [0, 0.05) is 44.2 Å². The maximum Gasteiger partial charge on any atom is 0.219 e. The Balaban J connectivity index is 1.76. The van der Waals surface area contributed by atoms with E-state index in [9.17, 15) is 14.0 Å². The van der Waals surface area contributed by atoms with E-state index >= 15 is 0 Å². The van der Waals surface area contributed by atoms with Gasteiger partial charge in [0.05, 0.1) is 5.69 Å². The van der Waals surface area contributed by atoms with Crippen molar-refractivity contribution in [3.63, 3.8) is 0 Å². The normalized spacial score (nSPS) is 14.6. The molecule has 0 aromatic heterocycles. The van der Waals surface area contributed by atoms with Crippen LogP contribution in [0.25, 0.3) is 0 Å². The van der Waals surface area contributed by atoms with Gasteiger partial charge < -0.3 is 9.80 Å². The van der Waals surface area contributed by atoms with Gasteiger partial charge in [-0.25, -0.2) is 4.39 Å². The Morgan fingerprint density at radius 2 is 1.58 bits per heavy atom. The fourth-order valence-corrected chi connectivity index (χ4v) is 2.92. The zero-order valence-corrected chi connectivity index (χ0v) is 13.5. The molecular weight excluding hydrogens is 307 g/mol. The van der Waals surface area contributed by atoms with Crippen molar-refractivity contribution in [2.45, 2.75) is 6.92 Å². The van der Waals surface area contributed by atoms with Crippen molar-refractivity contribution in [2.24, 2.45) is 0 Å². The lowest BCUT2D eigenvalue weighted by atomic mass is 10.0. The van der Waals surface area contributed by atoms with Gasteiger partial charge in [0.2, 0.25) is 5.91 Å². The fraction of sp³-hybridized carbons (Fsp3) is 0.263. The minimum absolute atomic E-state index is 0.0407. The summed E-state index contributed by atoms with van der Waals surface area (Å²) >= 11 is 0. The first-order valence-electron chi connectivity index (χ1n) is 7.96. The summed E-state index contributed by atoms with van der Waals surface area (Å²) in [4.78, 5) is 27.4. The molecule has 1 aliphatic heterocycles. The van der Waals surface area contributed by atoms with Crippen LogP contribution in [-0.2, 0) is 4.79 Å². The first-order valence-corrected chi connectivity index (χ1v) is 7.96. The minimum atomic E-state index is -0.409. The average molecular weight is 326 g/mol. The van der Waals surface area contributed by atoms with Gasteiger partial charge in [-0.15, -0.1) is 0 Å². The van der Waals surface area contributed by atoms with Crippen molar-refractivity contribution in [3.8, 4) is 0 Å². The monoisotopic (exact) mass is 326 g/mol. The molecule has 1 amide bonds. The van der Waals surface area contributed by atoms with Crippen LogP contribution in [-0.4, -0.2) is 42.8 Å². The van der Waals surface area contributed by atoms with Crippen molar-refractivity contribution in [1.29, 1.82) is 0 Å². The second kappa shape index (κ2) is 6.83. The molecule has 0 spiro atoms. The van der Waals surface area contributed by atoms with Crippen LogP contribution < -0.4 is 4.90 Å². The molecule has 0 saturated carbocycles. The largest absolute Gasteiger partial charge is 0.366 e. The van der Waals surface area contributed by atoms with Gasteiger partial charge in [-0.05, 0) is 18.2 Å². The molecular formula is C19H19FN2O2. The summed E-state index contributed by atoms with van der Waals surface area (Å²) in [6.45, 7) is 3.88. The standard InChI is InChI=1S/C19H19FN2O2/c1-14(23)21-9-11-22(12-10-21)18-8-7-16(13-17(18)20)19(24)15-5-3-2-4-6-15/h2-8,13H,9-12H2,1H3. The van der Waals surface area contributed by atoms with E-state index in [1.165, 1.54) is 6.07 Å². The Kier molecular flexibility index (Phi) is 4.60. The number of anilines is 1. The highest BCUT2D eigenvalue weighted by atomic mass is 19.1. The number of piperazine rings is 1. The van der Waals surface area contributed by atoms with E-state index in [1.54, 1.807) is 48.2 Å². The third kappa shape index (κ3) is 3.30. The number of rotatable bonds is 3. The molecule has 2 aromatic carbocycles. The Bertz CT molecular complexity index is 753. The second-order valence-corrected chi connectivity index (χ2v) is 5.85. The number of hydrogen-bond donors (Lipinski definition) is 0. The van der Waals surface area contributed by atoms with E-state index in [4.69, 9.17) is 0 Å². The Labute approximate surface area is 140 Å². The lowest BCUT2D eigenvalue weighted by Crippen LogP contribution is -2.48. The Morgan fingerprint density at radius 3 is 2.17 bits per heavy atom. The number of nitrogens with zero attached hydrogens (tertiary/aromatic N) is 2. The molecule has 2 aromatic rings. The molecule has 1 heterocycles. The smallest absolute Gasteiger partial charge is 0.219 e. The average Bonchev–Trinajstić information content (AvgIpc) is 2.62. The molecule has 1 saturated heterocycles. The van der Waals surface area contributed by atoms with Gasteiger partial charge in [-0.1, -0.05) is 30.3 Å². The predicted molar refractivity (Wildman–Crippen MR) is 90.7 cm³/mol. The van der Waals surface area contributed by atoms with Crippen LogP contribution in [0.4, 0.5) is 10.1 Å². The SMILES string of the molecule is CC(=O)N1CCN(c2ccc(C(=O)c3ccccc3)cc2F)CC1. The molecule has 124 valence electrons. The number of ketones is 1. The van der Waals surface area contributed by atoms with Crippen LogP contribution in [0.15, 0.2) is 48.5 Å². The van der Waals surface area contributed by atoms with E-state index in [2.05, 4.69) is 0 Å². The van der Waals surface area contributed by atoms with E-state index in [-0.39, 0.29) is 11.7 Å². The molecule has 0 unspecified atom stereocenters. The Morgan fingerprint density at radius 1 is 0.917 bits per heavy atom. The highest BCUT2D eigenvalue weighted by Crippen LogP contribution is 2.23. The van der Waals surface area contributed by atoms with Crippen LogP contribution in [0.1, 0.15) is 22.8 Å².